The first kappa shape index (κ1) is 15.4. The van der Waals surface area contributed by atoms with Crippen LogP contribution in [0.4, 0.5) is 0 Å². The van der Waals surface area contributed by atoms with Crippen molar-refractivity contribution in [3.05, 3.63) is 5.57 Å². The summed E-state index contributed by atoms with van der Waals surface area (Å²) in [5.41, 5.74) is 0.907. The molecule has 4 heteroatoms. The van der Waals surface area contributed by atoms with Crippen LogP contribution in [0.25, 0.3) is 0 Å². The van der Waals surface area contributed by atoms with Crippen molar-refractivity contribution in [1.29, 1.82) is 0 Å². The van der Waals surface area contributed by atoms with Crippen molar-refractivity contribution in [3.8, 4) is 0 Å². The molecule has 3 nitrogen and oxygen atoms in total. The summed E-state index contributed by atoms with van der Waals surface area (Å²) in [5.74, 6) is 2.03. The van der Waals surface area contributed by atoms with E-state index < -0.39 is 7.12 Å². The fourth-order valence-electron chi connectivity index (χ4n) is 1.64. The second-order valence-electron chi connectivity index (χ2n) is 4.24. The van der Waals surface area contributed by atoms with Crippen LogP contribution < -0.4 is 0 Å². The molecule has 0 rings (SSSR count). The third-order valence-corrected chi connectivity index (χ3v) is 2.67. The first-order chi connectivity index (χ1) is 7.70. The average molecular weight is 226 g/mol. The number of carbonyl (C=O) groups excluding carboxylic acids is 1. The molecule has 0 unspecified atom stereocenters. The third-order valence-electron chi connectivity index (χ3n) is 2.67. The Morgan fingerprint density at radius 2 is 1.69 bits per heavy atom. The molecule has 0 aromatic rings. The van der Waals surface area contributed by atoms with Crippen molar-refractivity contribution in [2.24, 2.45) is 0 Å². The van der Waals surface area contributed by atoms with Crippen LogP contribution in [-0.2, 0) is 4.79 Å². The van der Waals surface area contributed by atoms with Gasteiger partial charge in [0.15, 0.2) is 0 Å². The first-order valence-corrected chi connectivity index (χ1v) is 6.29. The van der Waals surface area contributed by atoms with Gasteiger partial charge in [-0.1, -0.05) is 32.6 Å². The van der Waals surface area contributed by atoms with Crippen molar-refractivity contribution in [2.75, 3.05) is 0 Å². The molecule has 0 heterocycles. The standard InChI is InChI=1S/C12H23BO3/c1-2-3-8-12(11-14)9-6-4-5-7-10-13(15)16/h15-16H,2-10H2,1H3. The van der Waals surface area contributed by atoms with Gasteiger partial charge in [-0.05, 0) is 32.0 Å². The monoisotopic (exact) mass is 226 g/mol. The smallest absolute Gasteiger partial charge is 0.427 e. The Labute approximate surface area is 98.7 Å². The summed E-state index contributed by atoms with van der Waals surface area (Å²) in [6, 6.07) is 0. The minimum absolute atomic E-state index is 0.451. The lowest BCUT2D eigenvalue weighted by Gasteiger charge is -2.03. The van der Waals surface area contributed by atoms with Gasteiger partial charge in [-0.3, -0.25) is 0 Å². The van der Waals surface area contributed by atoms with E-state index in [2.05, 4.69) is 6.92 Å². The van der Waals surface area contributed by atoms with Crippen LogP contribution in [0.15, 0.2) is 5.57 Å². The molecule has 0 atom stereocenters. The van der Waals surface area contributed by atoms with Gasteiger partial charge < -0.3 is 10.0 Å². The molecule has 0 amide bonds. The zero-order valence-corrected chi connectivity index (χ0v) is 10.2. The summed E-state index contributed by atoms with van der Waals surface area (Å²) in [6.45, 7) is 2.11. The van der Waals surface area contributed by atoms with Crippen LogP contribution in [0.3, 0.4) is 0 Å². The summed E-state index contributed by atoms with van der Waals surface area (Å²) < 4.78 is 0. The van der Waals surface area contributed by atoms with Gasteiger partial charge in [0.1, 0.15) is 5.94 Å². The highest BCUT2D eigenvalue weighted by Crippen LogP contribution is 2.14. The Morgan fingerprint density at radius 1 is 1.06 bits per heavy atom. The van der Waals surface area contributed by atoms with Crippen molar-refractivity contribution in [1.82, 2.24) is 0 Å². The van der Waals surface area contributed by atoms with Crippen molar-refractivity contribution < 1.29 is 14.8 Å². The first-order valence-electron chi connectivity index (χ1n) is 6.29. The Bertz CT molecular complexity index is 210. The lowest BCUT2D eigenvalue weighted by atomic mass is 9.83. The lowest BCUT2D eigenvalue weighted by molar-refractivity contribution is 0.401. The summed E-state index contributed by atoms with van der Waals surface area (Å²) in [4.78, 5) is 10.6. The summed E-state index contributed by atoms with van der Waals surface area (Å²) in [7, 11) is -1.17. The van der Waals surface area contributed by atoms with Crippen molar-refractivity contribution in [2.45, 2.75) is 64.6 Å². The molecule has 92 valence electrons. The fraction of sp³-hybridized carbons (Fsp3) is 0.833. The summed E-state index contributed by atoms with van der Waals surface area (Å²) in [5, 5.41) is 17.3. The molecule has 0 saturated carbocycles. The molecule has 0 bridgehead atoms. The Balaban J connectivity index is 3.38. The van der Waals surface area contributed by atoms with Crippen LogP contribution in [0.1, 0.15) is 58.3 Å². The van der Waals surface area contributed by atoms with Gasteiger partial charge in [0, 0.05) is 5.57 Å². The maximum atomic E-state index is 10.6. The molecule has 0 saturated heterocycles. The third kappa shape index (κ3) is 9.97. The number of rotatable bonds is 10. The Morgan fingerprint density at radius 3 is 2.25 bits per heavy atom. The summed E-state index contributed by atoms with van der Waals surface area (Å²) >= 11 is 0. The predicted octanol–water partition coefficient (Wildman–Crippen LogP) is 2.36. The van der Waals surface area contributed by atoms with E-state index in [1.165, 1.54) is 0 Å². The molecule has 0 aliphatic rings. The van der Waals surface area contributed by atoms with Crippen molar-refractivity contribution in [3.63, 3.8) is 0 Å². The van der Waals surface area contributed by atoms with Gasteiger partial charge in [-0.2, -0.15) is 0 Å². The van der Waals surface area contributed by atoms with Gasteiger partial charge in [0.05, 0.1) is 0 Å². The molecule has 0 radical (unpaired) electrons. The van der Waals surface area contributed by atoms with E-state index in [9.17, 15) is 4.79 Å². The van der Waals surface area contributed by atoms with Gasteiger partial charge in [0.2, 0.25) is 0 Å². The number of hydrogen-bond donors (Lipinski definition) is 2. The zero-order valence-electron chi connectivity index (χ0n) is 10.2. The molecule has 0 aromatic carbocycles. The Hall–Kier alpha value is -0.565. The summed E-state index contributed by atoms with van der Waals surface area (Å²) in [6.07, 6.45) is 8.26. The van der Waals surface area contributed by atoms with Crippen LogP contribution in [0.5, 0.6) is 0 Å². The molecular formula is C12H23BO3. The highest BCUT2D eigenvalue weighted by molar-refractivity contribution is 6.40. The SMILES string of the molecule is CCCCC(=C=O)CCCCCCB(O)O. The molecule has 0 fully saturated rings. The molecule has 0 aromatic heterocycles. The van der Waals surface area contributed by atoms with Crippen LogP contribution in [0.2, 0.25) is 6.32 Å². The van der Waals surface area contributed by atoms with E-state index in [1.54, 1.807) is 0 Å². The van der Waals surface area contributed by atoms with Gasteiger partial charge in [-0.15, -0.1) is 0 Å². The van der Waals surface area contributed by atoms with E-state index in [4.69, 9.17) is 10.0 Å². The van der Waals surface area contributed by atoms with Crippen molar-refractivity contribution >= 4 is 13.1 Å². The highest BCUT2D eigenvalue weighted by Gasteiger charge is 2.05. The number of allylic oxidation sites excluding steroid dienone is 1. The fourth-order valence-corrected chi connectivity index (χ4v) is 1.64. The lowest BCUT2D eigenvalue weighted by Crippen LogP contribution is -2.09. The quantitative estimate of drug-likeness (QED) is 0.341. The van der Waals surface area contributed by atoms with Crippen LogP contribution >= 0.6 is 0 Å². The van der Waals surface area contributed by atoms with E-state index in [0.717, 1.165) is 56.9 Å². The minimum atomic E-state index is -1.17. The van der Waals surface area contributed by atoms with E-state index in [1.807, 2.05) is 5.94 Å². The van der Waals surface area contributed by atoms with E-state index in [-0.39, 0.29) is 0 Å². The normalized spacial score (nSPS) is 9.94. The van der Waals surface area contributed by atoms with Gasteiger partial charge in [-0.25, -0.2) is 4.79 Å². The van der Waals surface area contributed by atoms with Crippen LogP contribution in [0, 0.1) is 0 Å². The van der Waals surface area contributed by atoms with Gasteiger partial charge >= 0.3 is 7.12 Å². The van der Waals surface area contributed by atoms with Crippen LogP contribution in [-0.4, -0.2) is 23.1 Å². The predicted molar refractivity (Wildman–Crippen MR) is 66.8 cm³/mol. The van der Waals surface area contributed by atoms with E-state index in [0.29, 0.717) is 6.32 Å². The van der Waals surface area contributed by atoms with E-state index >= 15 is 0 Å². The molecular weight excluding hydrogens is 203 g/mol. The Kier molecular flexibility index (Phi) is 10.6. The highest BCUT2D eigenvalue weighted by atomic mass is 16.4. The zero-order chi connectivity index (χ0) is 12.2. The molecule has 0 spiro atoms. The molecule has 0 aliphatic heterocycles. The molecule has 0 aliphatic carbocycles. The maximum Gasteiger partial charge on any atom is 0.451 e. The minimum Gasteiger partial charge on any atom is -0.427 e. The average Bonchev–Trinajstić information content (AvgIpc) is 2.26. The largest absolute Gasteiger partial charge is 0.451 e. The second-order valence-corrected chi connectivity index (χ2v) is 4.24. The van der Waals surface area contributed by atoms with Gasteiger partial charge in [0.25, 0.3) is 0 Å². The number of hydrogen-bond acceptors (Lipinski definition) is 3. The maximum absolute atomic E-state index is 10.6. The molecule has 2 N–H and O–H groups in total. The second kappa shape index (κ2) is 10.9. The topological polar surface area (TPSA) is 57.5 Å². The number of unbranched alkanes of at least 4 members (excludes halogenated alkanes) is 4. The molecule has 16 heavy (non-hydrogen) atoms.